The summed E-state index contributed by atoms with van der Waals surface area (Å²) in [7, 11) is -1.41. The maximum atomic E-state index is 12.6. The summed E-state index contributed by atoms with van der Waals surface area (Å²) in [6, 6.07) is 2.65. The fourth-order valence-corrected chi connectivity index (χ4v) is 5.90. The van der Waals surface area contributed by atoms with Crippen LogP contribution in [0.2, 0.25) is 5.02 Å². The average Bonchev–Trinajstić information content (AvgIpc) is 2.76. The van der Waals surface area contributed by atoms with E-state index < -0.39 is 31.5 Å². The molecule has 0 radical (unpaired) electrons. The minimum Gasteiger partial charge on any atom is -0.504 e. The third-order valence-corrected chi connectivity index (χ3v) is 8.97. The summed E-state index contributed by atoms with van der Waals surface area (Å²) in [5, 5.41) is 16.6. The van der Waals surface area contributed by atoms with Crippen molar-refractivity contribution in [2.45, 2.75) is 70.2 Å². The van der Waals surface area contributed by atoms with Crippen molar-refractivity contribution in [2.24, 2.45) is 11.3 Å². The smallest absolute Gasteiger partial charge is 0.253 e. The molecule has 0 amide bonds. The molecule has 1 saturated carbocycles. The van der Waals surface area contributed by atoms with Gasteiger partial charge in [0.2, 0.25) is 10.0 Å². The summed E-state index contributed by atoms with van der Waals surface area (Å²) in [5.41, 5.74) is -1.38. The lowest BCUT2D eigenvalue weighted by molar-refractivity contribution is 0.250. The van der Waals surface area contributed by atoms with E-state index in [9.17, 15) is 23.1 Å². The van der Waals surface area contributed by atoms with Crippen LogP contribution in [-0.4, -0.2) is 38.0 Å². The van der Waals surface area contributed by atoms with Crippen molar-refractivity contribution in [3.63, 3.8) is 0 Å². The van der Waals surface area contributed by atoms with Gasteiger partial charge in [-0.05, 0) is 29.9 Å². The number of nitrogens with zero attached hydrogens (tertiary/aromatic N) is 1. The van der Waals surface area contributed by atoms with Crippen LogP contribution < -0.4 is 21.5 Å². The second-order valence-corrected chi connectivity index (χ2v) is 12.9. The molecule has 188 valence electrons. The van der Waals surface area contributed by atoms with E-state index in [1.54, 1.807) is 0 Å². The van der Waals surface area contributed by atoms with Gasteiger partial charge >= 0.3 is 0 Å². The largest absolute Gasteiger partial charge is 0.504 e. The summed E-state index contributed by atoms with van der Waals surface area (Å²) in [4.78, 5) is 24.4. The molecule has 0 aromatic heterocycles. The van der Waals surface area contributed by atoms with Crippen molar-refractivity contribution >= 4 is 38.7 Å². The highest BCUT2D eigenvalue weighted by Crippen LogP contribution is 2.40. The first-order valence-electron chi connectivity index (χ1n) is 11.6. The highest BCUT2D eigenvalue weighted by atomic mass is 35.5. The Kier molecular flexibility index (Phi) is 7.70. The molecule has 2 aromatic rings. The lowest BCUT2D eigenvalue weighted by Gasteiger charge is -2.36. The van der Waals surface area contributed by atoms with Gasteiger partial charge in [-0.25, -0.2) is 12.7 Å². The number of aromatic hydroxyl groups is 1. The molecule has 2 aromatic carbocycles. The predicted octanol–water partition coefficient (Wildman–Crippen LogP) is 4.43. The Labute approximate surface area is 206 Å². The van der Waals surface area contributed by atoms with E-state index in [0.717, 1.165) is 23.6 Å². The normalized spacial score (nSPS) is 16.7. The second-order valence-electron chi connectivity index (χ2n) is 10.4. The molecular formula is C24H34ClN3O5S. The molecule has 1 unspecified atom stereocenters. The van der Waals surface area contributed by atoms with Gasteiger partial charge in [-0.3, -0.25) is 9.59 Å². The molecule has 0 bridgehead atoms. The molecule has 1 atom stereocenters. The van der Waals surface area contributed by atoms with Crippen LogP contribution >= 0.6 is 11.6 Å². The summed E-state index contributed by atoms with van der Waals surface area (Å²) in [6.45, 7) is 6.28. The van der Waals surface area contributed by atoms with Crippen molar-refractivity contribution in [1.82, 2.24) is 4.31 Å². The number of sulfonamides is 1. The zero-order valence-electron chi connectivity index (χ0n) is 20.4. The van der Waals surface area contributed by atoms with Crippen LogP contribution in [0.3, 0.4) is 0 Å². The first kappa shape index (κ1) is 26.5. The average molecular weight is 512 g/mol. The fourth-order valence-electron chi connectivity index (χ4n) is 4.42. The van der Waals surface area contributed by atoms with Crippen molar-refractivity contribution in [1.29, 1.82) is 0 Å². The molecule has 1 fully saturated rings. The van der Waals surface area contributed by atoms with Gasteiger partial charge in [-0.2, -0.15) is 0 Å². The van der Waals surface area contributed by atoms with Crippen LogP contribution in [0, 0.1) is 11.3 Å². The zero-order chi connectivity index (χ0) is 25.4. The standard InChI is InChI=1S/C24H34ClN3O5S/c1-24(2,3)17(13-14-9-7-6-8-10-14)27-19-18(21(30)22(19)31)26-16-12-11-15(25)23(20(16)29)34(32,33)28(4)5/h11-12,14,17,26-27,29H,6-10,13H2,1-5H3. The number of anilines is 3. The Bertz CT molecular complexity index is 1220. The van der Waals surface area contributed by atoms with Gasteiger partial charge in [0.05, 0.1) is 10.7 Å². The van der Waals surface area contributed by atoms with Gasteiger partial charge in [0.1, 0.15) is 16.3 Å². The molecule has 1 aliphatic carbocycles. The van der Waals surface area contributed by atoms with Gasteiger partial charge in [0.15, 0.2) is 5.75 Å². The number of nitrogens with one attached hydrogen (secondary N) is 2. The number of hydrogen-bond acceptors (Lipinski definition) is 7. The number of benzene rings is 1. The van der Waals surface area contributed by atoms with Crippen LogP contribution in [-0.2, 0) is 10.0 Å². The molecule has 0 saturated heterocycles. The summed E-state index contributed by atoms with van der Waals surface area (Å²) < 4.78 is 26.2. The van der Waals surface area contributed by atoms with E-state index in [4.69, 9.17) is 11.6 Å². The van der Waals surface area contributed by atoms with Crippen molar-refractivity contribution in [2.75, 3.05) is 24.7 Å². The van der Waals surface area contributed by atoms with Gasteiger partial charge in [-0.15, -0.1) is 0 Å². The Balaban J connectivity index is 1.92. The van der Waals surface area contributed by atoms with Crippen LogP contribution in [0.25, 0.3) is 0 Å². The molecule has 0 heterocycles. The van der Waals surface area contributed by atoms with Gasteiger partial charge in [-0.1, -0.05) is 64.5 Å². The highest BCUT2D eigenvalue weighted by Gasteiger charge is 2.33. The number of halogens is 1. The van der Waals surface area contributed by atoms with Crippen LogP contribution in [0.5, 0.6) is 5.75 Å². The molecular weight excluding hydrogens is 478 g/mol. The molecule has 3 N–H and O–H groups in total. The van der Waals surface area contributed by atoms with Gasteiger partial charge < -0.3 is 15.7 Å². The summed E-state index contributed by atoms with van der Waals surface area (Å²) in [6.07, 6.45) is 6.89. The van der Waals surface area contributed by atoms with Gasteiger partial charge in [0.25, 0.3) is 10.9 Å². The van der Waals surface area contributed by atoms with Gasteiger partial charge in [0, 0.05) is 20.1 Å². The monoisotopic (exact) mass is 511 g/mol. The first-order chi connectivity index (χ1) is 15.7. The minimum atomic E-state index is -4.05. The van der Waals surface area contributed by atoms with E-state index in [2.05, 4.69) is 31.4 Å². The molecule has 8 nitrogen and oxygen atoms in total. The fraction of sp³-hybridized carbons (Fsp3) is 0.583. The van der Waals surface area contributed by atoms with E-state index in [-0.39, 0.29) is 33.5 Å². The SMILES string of the molecule is CN(C)S(=O)(=O)c1c(Cl)ccc(Nc2c(NC(CC3CCCCC3)C(C)(C)C)c(=O)c2=O)c1O. The summed E-state index contributed by atoms with van der Waals surface area (Å²) >= 11 is 6.07. The number of phenolic OH excluding ortho intramolecular Hbond substituents is 1. The third-order valence-electron chi connectivity index (χ3n) is 6.65. The van der Waals surface area contributed by atoms with Crippen molar-refractivity contribution in [3.05, 3.63) is 37.6 Å². The van der Waals surface area contributed by atoms with E-state index in [0.29, 0.717) is 5.92 Å². The maximum Gasteiger partial charge on any atom is 0.253 e. The Morgan fingerprint density at radius 3 is 2.24 bits per heavy atom. The quantitative estimate of drug-likeness (QED) is 0.354. The minimum absolute atomic E-state index is 0.00807. The molecule has 1 aliphatic rings. The van der Waals surface area contributed by atoms with E-state index in [1.165, 1.54) is 45.5 Å². The Morgan fingerprint density at radius 1 is 1.09 bits per heavy atom. The third kappa shape index (κ3) is 5.26. The molecule has 0 aliphatic heterocycles. The predicted molar refractivity (Wildman–Crippen MR) is 137 cm³/mol. The number of rotatable bonds is 8. The molecule has 34 heavy (non-hydrogen) atoms. The Morgan fingerprint density at radius 2 is 1.68 bits per heavy atom. The lowest BCUT2D eigenvalue weighted by Crippen LogP contribution is -2.43. The van der Waals surface area contributed by atoms with E-state index in [1.807, 2.05) is 0 Å². The zero-order valence-corrected chi connectivity index (χ0v) is 21.9. The Hall–Kier alpha value is -2.10. The summed E-state index contributed by atoms with van der Waals surface area (Å²) in [5.74, 6) is -0.0535. The number of hydrogen-bond donors (Lipinski definition) is 3. The second kappa shape index (κ2) is 9.87. The van der Waals surface area contributed by atoms with Crippen LogP contribution in [0.15, 0.2) is 26.6 Å². The van der Waals surface area contributed by atoms with E-state index >= 15 is 0 Å². The van der Waals surface area contributed by atoms with Crippen LogP contribution in [0.1, 0.15) is 59.3 Å². The lowest BCUT2D eigenvalue weighted by atomic mass is 9.77. The topological polar surface area (TPSA) is 116 Å². The highest BCUT2D eigenvalue weighted by molar-refractivity contribution is 7.89. The first-order valence-corrected chi connectivity index (χ1v) is 13.4. The molecule has 0 spiro atoms. The number of phenols is 1. The molecule has 3 rings (SSSR count). The van der Waals surface area contributed by atoms with Crippen LogP contribution in [0.4, 0.5) is 17.1 Å². The van der Waals surface area contributed by atoms with Crippen molar-refractivity contribution < 1.29 is 13.5 Å². The maximum absolute atomic E-state index is 12.6. The molecule has 10 heteroatoms. The van der Waals surface area contributed by atoms with Crippen molar-refractivity contribution in [3.8, 4) is 5.75 Å².